The quantitative estimate of drug-likeness (QED) is 0.301. The third kappa shape index (κ3) is 5.43. The number of pyridine rings is 1. The minimum atomic E-state index is -4.11. The van der Waals surface area contributed by atoms with Crippen molar-refractivity contribution in [2.24, 2.45) is 0 Å². The van der Waals surface area contributed by atoms with Gasteiger partial charge in [-0.25, -0.2) is 18.4 Å². The number of nitrogens with one attached hydrogen (secondary N) is 1. The lowest BCUT2D eigenvalue weighted by atomic mass is 10.2. The van der Waals surface area contributed by atoms with E-state index in [1.807, 2.05) is 6.92 Å². The average Bonchev–Trinajstić information content (AvgIpc) is 3.34. The molecule has 12 nitrogen and oxygen atoms in total. The maximum absolute atomic E-state index is 13.7. The van der Waals surface area contributed by atoms with Crippen LogP contribution in [0.5, 0.6) is 11.5 Å². The van der Waals surface area contributed by atoms with Crippen LogP contribution in [0.25, 0.3) is 17.1 Å². The highest BCUT2D eigenvalue weighted by atomic mass is 32.2. The van der Waals surface area contributed by atoms with Crippen molar-refractivity contribution in [3.8, 4) is 28.6 Å². The molecule has 2 atom stereocenters. The standard InChI is InChI=1S/C25H29N7O5S/c1-6-37-22(23-27-13-16(2)14-28-23)17(3)38(33,34)31-25-30-29-24(18-9-8-12-26-15-18)32(25)21-19(35-4)10-7-11-20(21)36-5/h7-15,17,22H,6H2,1-5H3,(H,30,31)/t17-,22+/m1/s1. The highest BCUT2D eigenvalue weighted by Gasteiger charge is 2.35. The van der Waals surface area contributed by atoms with Crippen molar-refractivity contribution in [3.05, 3.63) is 66.5 Å². The van der Waals surface area contributed by atoms with E-state index in [0.29, 0.717) is 28.6 Å². The first kappa shape index (κ1) is 26.9. The fourth-order valence-electron chi connectivity index (χ4n) is 3.83. The molecular weight excluding hydrogens is 510 g/mol. The second-order valence-corrected chi connectivity index (χ2v) is 10.3. The van der Waals surface area contributed by atoms with Crippen LogP contribution >= 0.6 is 0 Å². The maximum atomic E-state index is 13.7. The molecule has 3 aromatic heterocycles. The van der Waals surface area contributed by atoms with Crippen molar-refractivity contribution in [1.29, 1.82) is 0 Å². The van der Waals surface area contributed by atoms with Gasteiger partial charge < -0.3 is 14.2 Å². The zero-order valence-electron chi connectivity index (χ0n) is 21.7. The fraction of sp³-hybridized carbons (Fsp3) is 0.320. The summed E-state index contributed by atoms with van der Waals surface area (Å²) in [7, 11) is -1.09. The molecule has 0 radical (unpaired) electrons. The van der Waals surface area contributed by atoms with Gasteiger partial charge in [0.1, 0.15) is 28.5 Å². The predicted octanol–water partition coefficient (Wildman–Crippen LogP) is 3.35. The molecule has 1 aromatic carbocycles. The number of anilines is 1. The molecule has 0 unspecified atom stereocenters. The summed E-state index contributed by atoms with van der Waals surface area (Å²) in [5.41, 5.74) is 1.86. The summed E-state index contributed by atoms with van der Waals surface area (Å²) in [6.45, 7) is 5.42. The first-order valence-corrected chi connectivity index (χ1v) is 13.3. The van der Waals surface area contributed by atoms with Crippen molar-refractivity contribution in [2.45, 2.75) is 32.1 Å². The lowest BCUT2D eigenvalue weighted by Gasteiger charge is -2.23. The molecule has 0 aliphatic carbocycles. The van der Waals surface area contributed by atoms with Gasteiger partial charge in [0.25, 0.3) is 0 Å². The number of sulfonamides is 1. The van der Waals surface area contributed by atoms with Crippen LogP contribution in [0.2, 0.25) is 0 Å². The Balaban J connectivity index is 1.83. The van der Waals surface area contributed by atoms with Crippen LogP contribution in [0.4, 0.5) is 5.95 Å². The molecule has 0 aliphatic rings. The van der Waals surface area contributed by atoms with Crippen LogP contribution in [0.3, 0.4) is 0 Å². The first-order valence-electron chi connectivity index (χ1n) is 11.8. The van der Waals surface area contributed by atoms with Gasteiger partial charge >= 0.3 is 0 Å². The Morgan fingerprint density at radius 3 is 2.26 bits per heavy atom. The van der Waals surface area contributed by atoms with Crippen molar-refractivity contribution in [1.82, 2.24) is 29.7 Å². The molecular formula is C25H29N7O5S. The van der Waals surface area contributed by atoms with E-state index in [1.165, 1.54) is 25.7 Å². The largest absolute Gasteiger partial charge is 0.494 e. The van der Waals surface area contributed by atoms with E-state index in [2.05, 4.69) is 29.9 Å². The number of methoxy groups -OCH3 is 2. The number of para-hydroxylation sites is 1. The first-order chi connectivity index (χ1) is 18.3. The van der Waals surface area contributed by atoms with E-state index in [4.69, 9.17) is 14.2 Å². The smallest absolute Gasteiger partial charge is 0.243 e. The molecule has 0 saturated heterocycles. The van der Waals surface area contributed by atoms with Crippen LogP contribution < -0.4 is 14.2 Å². The highest BCUT2D eigenvalue weighted by molar-refractivity contribution is 7.93. The molecule has 0 spiro atoms. The third-order valence-electron chi connectivity index (χ3n) is 5.76. The molecule has 1 N–H and O–H groups in total. The normalized spacial score (nSPS) is 13.1. The van der Waals surface area contributed by atoms with E-state index >= 15 is 0 Å². The summed E-state index contributed by atoms with van der Waals surface area (Å²) in [6, 6.07) is 8.75. The molecule has 0 saturated carbocycles. The van der Waals surface area contributed by atoms with Gasteiger partial charge in [0.15, 0.2) is 11.6 Å². The number of ether oxygens (including phenoxy) is 3. The van der Waals surface area contributed by atoms with Crippen molar-refractivity contribution in [2.75, 3.05) is 25.5 Å². The van der Waals surface area contributed by atoms with Gasteiger partial charge in [0, 0.05) is 37.0 Å². The molecule has 0 bridgehead atoms. The van der Waals surface area contributed by atoms with Crippen LogP contribution in [0.1, 0.15) is 31.3 Å². The minimum Gasteiger partial charge on any atom is -0.494 e. The lowest BCUT2D eigenvalue weighted by Crippen LogP contribution is -2.34. The summed E-state index contributed by atoms with van der Waals surface area (Å²) in [6.07, 6.45) is 5.54. The number of aromatic nitrogens is 6. The van der Waals surface area contributed by atoms with Crippen molar-refractivity contribution in [3.63, 3.8) is 0 Å². The van der Waals surface area contributed by atoms with Crippen molar-refractivity contribution >= 4 is 16.0 Å². The van der Waals surface area contributed by atoms with Gasteiger partial charge in [-0.3, -0.25) is 14.3 Å². The monoisotopic (exact) mass is 539 g/mol. The zero-order chi connectivity index (χ0) is 27.3. The lowest BCUT2D eigenvalue weighted by molar-refractivity contribution is 0.0557. The summed E-state index contributed by atoms with van der Waals surface area (Å²) in [4.78, 5) is 12.7. The Labute approximate surface area is 221 Å². The number of rotatable bonds is 11. The number of nitrogens with zero attached hydrogens (tertiary/aromatic N) is 6. The molecule has 200 valence electrons. The molecule has 4 aromatic rings. The van der Waals surface area contributed by atoms with Crippen LogP contribution in [-0.2, 0) is 14.8 Å². The summed E-state index contributed by atoms with van der Waals surface area (Å²) < 4.78 is 48.5. The fourth-order valence-corrected chi connectivity index (χ4v) is 4.93. The third-order valence-corrected chi connectivity index (χ3v) is 7.45. The Kier molecular flexibility index (Phi) is 8.17. The predicted molar refractivity (Wildman–Crippen MR) is 141 cm³/mol. The molecule has 38 heavy (non-hydrogen) atoms. The number of benzene rings is 1. The molecule has 0 fully saturated rings. The van der Waals surface area contributed by atoms with Gasteiger partial charge in [0.05, 0.1) is 14.2 Å². The average molecular weight is 540 g/mol. The van der Waals surface area contributed by atoms with Gasteiger partial charge in [-0.15, -0.1) is 10.2 Å². The van der Waals surface area contributed by atoms with Crippen LogP contribution in [-0.4, -0.2) is 64.2 Å². The van der Waals surface area contributed by atoms with Gasteiger partial charge in [0.2, 0.25) is 16.0 Å². The van der Waals surface area contributed by atoms with Gasteiger partial charge in [-0.1, -0.05) is 6.07 Å². The minimum absolute atomic E-state index is 0.0708. The summed E-state index contributed by atoms with van der Waals surface area (Å²) in [5.74, 6) is 1.36. The number of hydrogen-bond acceptors (Lipinski definition) is 10. The molecule has 13 heteroatoms. The van der Waals surface area contributed by atoms with Gasteiger partial charge in [-0.2, -0.15) is 0 Å². The Bertz CT molecular complexity index is 1460. The SMILES string of the molecule is CCO[C@H](c1ncc(C)cn1)[C@@H](C)S(=O)(=O)Nc1nnc(-c2cccnc2)n1-c1c(OC)cccc1OC. The Morgan fingerprint density at radius 2 is 1.68 bits per heavy atom. The summed E-state index contributed by atoms with van der Waals surface area (Å²) >= 11 is 0. The molecule has 4 rings (SSSR count). The van der Waals surface area contributed by atoms with E-state index in [-0.39, 0.29) is 18.4 Å². The van der Waals surface area contributed by atoms with E-state index < -0.39 is 21.4 Å². The van der Waals surface area contributed by atoms with Crippen LogP contribution in [0.15, 0.2) is 55.1 Å². The Hall–Kier alpha value is -4.10. The topological polar surface area (TPSA) is 143 Å². The van der Waals surface area contributed by atoms with E-state index in [0.717, 1.165) is 5.56 Å². The highest BCUT2D eigenvalue weighted by Crippen LogP contribution is 2.38. The van der Waals surface area contributed by atoms with Gasteiger partial charge in [-0.05, 0) is 50.6 Å². The summed E-state index contributed by atoms with van der Waals surface area (Å²) in [5, 5.41) is 7.39. The second kappa shape index (κ2) is 11.5. The second-order valence-electron chi connectivity index (χ2n) is 8.28. The Morgan fingerprint density at radius 1 is 1.00 bits per heavy atom. The zero-order valence-corrected chi connectivity index (χ0v) is 22.5. The molecule has 0 amide bonds. The number of hydrogen-bond donors (Lipinski definition) is 1. The van der Waals surface area contributed by atoms with E-state index in [1.54, 1.807) is 62.0 Å². The molecule has 3 heterocycles. The maximum Gasteiger partial charge on any atom is 0.243 e. The van der Waals surface area contributed by atoms with E-state index in [9.17, 15) is 8.42 Å². The number of aryl methyl sites for hydroxylation is 1. The molecule has 0 aliphatic heterocycles. The van der Waals surface area contributed by atoms with Crippen LogP contribution in [0, 0.1) is 6.92 Å². The van der Waals surface area contributed by atoms with Crippen molar-refractivity contribution < 1.29 is 22.6 Å².